The summed E-state index contributed by atoms with van der Waals surface area (Å²) in [4.78, 5) is 10.5. The summed E-state index contributed by atoms with van der Waals surface area (Å²) in [5, 5.41) is 8.55. The molecule has 0 unspecified atom stereocenters. The maximum Gasteiger partial charge on any atom is 0.331 e. The van der Waals surface area contributed by atoms with Crippen molar-refractivity contribution in [3.8, 4) is 0 Å². The Morgan fingerprint density at radius 1 is 1.73 bits per heavy atom. The summed E-state index contributed by atoms with van der Waals surface area (Å²) in [6.07, 6.45) is 0. The maximum atomic E-state index is 12.6. The van der Waals surface area contributed by atoms with Crippen LogP contribution in [0.1, 0.15) is 13.8 Å². The number of hydrogen-bond donors (Lipinski definition) is 2. The third-order valence-electron chi connectivity index (χ3n) is 1.71. The van der Waals surface area contributed by atoms with E-state index in [1.165, 1.54) is 13.8 Å². The van der Waals surface area contributed by atoms with Crippen molar-refractivity contribution in [2.45, 2.75) is 19.4 Å². The Hall–Kier alpha value is -0.900. The van der Waals surface area contributed by atoms with Gasteiger partial charge in [0.1, 0.15) is 5.83 Å². The number of nitrogens with two attached hydrogens (primary N) is 1. The van der Waals surface area contributed by atoms with Gasteiger partial charge in [-0.05, 0) is 5.92 Å². The third kappa shape index (κ3) is 1.57. The molecule has 4 heteroatoms. The van der Waals surface area contributed by atoms with E-state index in [4.69, 9.17) is 10.8 Å². The van der Waals surface area contributed by atoms with Crippen LogP contribution < -0.4 is 5.73 Å². The van der Waals surface area contributed by atoms with E-state index in [1.807, 2.05) is 0 Å². The van der Waals surface area contributed by atoms with Crippen LogP contribution in [0.4, 0.5) is 4.39 Å². The first-order valence-electron chi connectivity index (χ1n) is 3.20. The molecule has 0 aromatic carbocycles. The van der Waals surface area contributed by atoms with Gasteiger partial charge in [0, 0.05) is 0 Å². The van der Waals surface area contributed by atoms with Crippen LogP contribution in [0, 0.1) is 5.92 Å². The molecule has 1 atom stereocenters. The van der Waals surface area contributed by atoms with Gasteiger partial charge in [-0.1, -0.05) is 20.4 Å². The smallest absolute Gasteiger partial charge is 0.331 e. The Bertz CT molecular complexity index is 175. The fourth-order valence-electron chi connectivity index (χ4n) is 0.676. The highest BCUT2D eigenvalue weighted by atomic mass is 19.1. The van der Waals surface area contributed by atoms with Crippen LogP contribution >= 0.6 is 0 Å². The largest absolute Gasteiger partial charge is 0.480 e. The molecule has 0 fully saturated rings. The predicted molar refractivity (Wildman–Crippen MR) is 39.6 cm³/mol. The second-order valence-electron chi connectivity index (χ2n) is 2.73. The molecule has 11 heavy (non-hydrogen) atoms. The van der Waals surface area contributed by atoms with E-state index in [0.29, 0.717) is 0 Å². The lowest BCUT2D eigenvalue weighted by Gasteiger charge is -2.26. The molecular formula is C7H12FNO2. The highest BCUT2D eigenvalue weighted by molar-refractivity contribution is 5.82. The Balaban J connectivity index is 4.82. The molecule has 0 aliphatic heterocycles. The first kappa shape index (κ1) is 10.1. The fourth-order valence-corrected chi connectivity index (χ4v) is 0.676. The summed E-state index contributed by atoms with van der Waals surface area (Å²) in [6, 6.07) is 0. The Kier molecular flexibility index (Phi) is 2.76. The topological polar surface area (TPSA) is 63.3 Å². The summed E-state index contributed by atoms with van der Waals surface area (Å²) in [5.74, 6) is -2.92. The van der Waals surface area contributed by atoms with Gasteiger partial charge < -0.3 is 10.8 Å². The van der Waals surface area contributed by atoms with E-state index in [0.717, 1.165) is 0 Å². The van der Waals surface area contributed by atoms with Gasteiger partial charge in [-0.15, -0.1) is 0 Å². The van der Waals surface area contributed by atoms with Gasteiger partial charge in [-0.25, -0.2) is 9.18 Å². The molecule has 0 radical (unpaired) electrons. The number of carboxylic acids is 1. The molecule has 0 aromatic rings. The third-order valence-corrected chi connectivity index (χ3v) is 1.71. The minimum absolute atomic E-state index is 0.516. The predicted octanol–water partition coefficient (Wildman–Crippen LogP) is 0.908. The molecule has 0 rings (SSSR count). The van der Waals surface area contributed by atoms with Gasteiger partial charge in [0.2, 0.25) is 0 Å². The van der Waals surface area contributed by atoms with Crippen LogP contribution in [0.5, 0.6) is 0 Å². The minimum Gasteiger partial charge on any atom is -0.480 e. The summed E-state index contributed by atoms with van der Waals surface area (Å²) in [5.41, 5.74) is 3.31. The lowest BCUT2D eigenvalue weighted by molar-refractivity contribution is -0.144. The standard InChI is InChI=1S/C7H12FNO2/c1-4(2)7(9,5(3)8)6(10)11/h4H,3,9H2,1-2H3,(H,10,11)/t7-/m1/s1. The Labute approximate surface area is 64.7 Å². The SMILES string of the molecule is C=C(F)[C@@](N)(C(=O)O)C(C)C. The maximum absolute atomic E-state index is 12.6. The Morgan fingerprint density at radius 2 is 2.09 bits per heavy atom. The molecule has 64 valence electrons. The molecular weight excluding hydrogens is 149 g/mol. The van der Waals surface area contributed by atoms with Crippen molar-refractivity contribution in [1.29, 1.82) is 0 Å². The highest BCUT2D eigenvalue weighted by Gasteiger charge is 2.41. The molecule has 0 saturated carbocycles. The zero-order chi connectivity index (χ0) is 9.23. The van der Waals surface area contributed by atoms with Crippen LogP contribution in [0.3, 0.4) is 0 Å². The van der Waals surface area contributed by atoms with E-state index in [1.54, 1.807) is 0 Å². The normalized spacial score (nSPS) is 16.1. The number of carboxylic acid groups (broad SMARTS) is 1. The zero-order valence-corrected chi connectivity index (χ0v) is 6.60. The van der Waals surface area contributed by atoms with Gasteiger partial charge in [0.25, 0.3) is 0 Å². The van der Waals surface area contributed by atoms with E-state index >= 15 is 0 Å². The number of hydrogen-bond acceptors (Lipinski definition) is 2. The number of rotatable bonds is 3. The molecule has 0 aromatic heterocycles. The number of halogens is 1. The van der Waals surface area contributed by atoms with Crippen molar-refractivity contribution in [3.05, 3.63) is 12.4 Å². The number of aliphatic carboxylic acids is 1. The summed E-state index contributed by atoms with van der Waals surface area (Å²) in [6.45, 7) is 5.95. The van der Waals surface area contributed by atoms with Crippen molar-refractivity contribution in [1.82, 2.24) is 0 Å². The molecule has 0 heterocycles. The van der Waals surface area contributed by atoms with E-state index < -0.39 is 23.3 Å². The summed E-state index contributed by atoms with van der Waals surface area (Å²) < 4.78 is 12.6. The molecule has 0 bridgehead atoms. The molecule has 0 saturated heterocycles. The molecule has 3 nitrogen and oxygen atoms in total. The van der Waals surface area contributed by atoms with Crippen LogP contribution in [0.25, 0.3) is 0 Å². The van der Waals surface area contributed by atoms with Gasteiger partial charge in [0.15, 0.2) is 5.54 Å². The molecule has 0 amide bonds. The lowest BCUT2D eigenvalue weighted by Crippen LogP contribution is -2.52. The van der Waals surface area contributed by atoms with Crippen LogP contribution in [0.2, 0.25) is 0 Å². The second kappa shape index (κ2) is 3.00. The quantitative estimate of drug-likeness (QED) is 0.646. The zero-order valence-electron chi connectivity index (χ0n) is 6.60. The van der Waals surface area contributed by atoms with Crippen molar-refractivity contribution in [3.63, 3.8) is 0 Å². The van der Waals surface area contributed by atoms with E-state index in [-0.39, 0.29) is 0 Å². The van der Waals surface area contributed by atoms with E-state index in [9.17, 15) is 9.18 Å². The lowest BCUT2D eigenvalue weighted by atomic mass is 9.87. The minimum atomic E-state index is -1.94. The molecule has 0 aliphatic carbocycles. The molecule has 0 aliphatic rings. The van der Waals surface area contributed by atoms with Crippen LogP contribution in [-0.4, -0.2) is 16.6 Å². The average Bonchev–Trinajstić information content (AvgIpc) is 1.84. The van der Waals surface area contributed by atoms with Crippen molar-refractivity contribution < 1.29 is 14.3 Å². The van der Waals surface area contributed by atoms with Gasteiger partial charge >= 0.3 is 5.97 Å². The van der Waals surface area contributed by atoms with Gasteiger partial charge in [0.05, 0.1) is 0 Å². The second-order valence-corrected chi connectivity index (χ2v) is 2.73. The fraction of sp³-hybridized carbons (Fsp3) is 0.571. The van der Waals surface area contributed by atoms with Gasteiger partial charge in [-0.3, -0.25) is 0 Å². The first-order valence-corrected chi connectivity index (χ1v) is 3.20. The average molecular weight is 161 g/mol. The van der Waals surface area contributed by atoms with Crippen LogP contribution in [-0.2, 0) is 4.79 Å². The highest BCUT2D eigenvalue weighted by Crippen LogP contribution is 2.22. The van der Waals surface area contributed by atoms with Crippen molar-refractivity contribution >= 4 is 5.97 Å². The summed E-state index contributed by atoms with van der Waals surface area (Å²) in [7, 11) is 0. The molecule has 3 N–H and O–H groups in total. The number of carbonyl (C=O) groups is 1. The summed E-state index contributed by atoms with van der Waals surface area (Å²) >= 11 is 0. The van der Waals surface area contributed by atoms with E-state index in [2.05, 4.69) is 6.58 Å². The first-order chi connectivity index (χ1) is 4.83. The van der Waals surface area contributed by atoms with Crippen molar-refractivity contribution in [2.24, 2.45) is 11.7 Å². The van der Waals surface area contributed by atoms with Crippen LogP contribution in [0.15, 0.2) is 12.4 Å². The molecule has 0 spiro atoms. The van der Waals surface area contributed by atoms with Gasteiger partial charge in [-0.2, -0.15) is 0 Å². The monoisotopic (exact) mass is 161 g/mol. The van der Waals surface area contributed by atoms with Crippen molar-refractivity contribution in [2.75, 3.05) is 0 Å². The Morgan fingerprint density at radius 3 is 2.09 bits per heavy atom.